The molecule has 4 heteroatoms. The molecule has 1 aliphatic carbocycles. The first-order valence-electron chi connectivity index (χ1n) is 8.65. The standard InChI is InChI=1S/C17H28N2O2/c1-11(2)15-17(21)18-10-6-9-14(18)16(20)19(15)12(3)13-7-4-5-8-13/h11-15H,4-10H2,1-3H3. The Labute approximate surface area is 127 Å². The van der Waals surface area contributed by atoms with E-state index in [9.17, 15) is 9.59 Å². The minimum absolute atomic E-state index is 0.170. The van der Waals surface area contributed by atoms with E-state index in [0.29, 0.717) is 5.92 Å². The lowest BCUT2D eigenvalue weighted by Crippen LogP contribution is -2.67. The second-order valence-electron chi connectivity index (χ2n) is 7.41. The predicted molar refractivity (Wildman–Crippen MR) is 81.6 cm³/mol. The summed E-state index contributed by atoms with van der Waals surface area (Å²) in [6.45, 7) is 7.08. The predicted octanol–water partition coefficient (Wildman–Crippen LogP) is 2.42. The van der Waals surface area contributed by atoms with E-state index in [4.69, 9.17) is 0 Å². The van der Waals surface area contributed by atoms with Gasteiger partial charge in [-0.05, 0) is 44.4 Å². The van der Waals surface area contributed by atoms with Crippen LogP contribution in [0.3, 0.4) is 0 Å². The Balaban J connectivity index is 1.90. The third kappa shape index (κ3) is 2.36. The summed E-state index contributed by atoms with van der Waals surface area (Å²) in [4.78, 5) is 29.7. The minimum Gasteiger partial charge on any atom is -0.329 e. The molecule has 1 saturated carbocycles. The minimum atomic E-state index is -0.248. The summed E-state index contributed by atoms with van der Waals surface area (Å²) in [5.74, 6) is 1.17. The van der Waals surface area contributed by atoms with Crippen LogP contribution < -0.4 is 0 Å². The number of amides is 2. The Morgan fingerprint density at radius 2 is 1.62 bits per heavy atom. The summed E-state index contributed by atoms with van der Waals surface area (Å²) in [5, 5.41) is 0. The van der Waals surface area contributed by atoms with Gasteiger partial charge < -0.3 is 9.80 Å². The first kappa shape index (κ1) is 14.9. The second kappa shape index (κ2) is 5.62. The Morgan fingerprint density at radius 1 is 0.952 bits per heavy atom. The number of fused-ring (bicyclic) bond motifs is 1. The highest BCUT2D eigenvalue weighted by molar-refractivity contribution is 5.97. The summed E-state index contributed by atoms with van der Waals surface area (Å²) >= 11 is 0. The molecule has 4 nitrogen and oxygen atoms in total. The van der Waals surface area contributed by atoms with Crippen LogP contribution in [0.4, 0.5) is 0 Å². The molecule has 3 aliphatic rings. The Bertz CT molecular complexity index is 429. The topological polar surface area (TPSA) is 40.6 Å². The van der Waals surface area contributed by atoms with E-state index in [0.717, 1.165) is 19.4 Å². The van der Waals surface area contributed by atoms with Crippen molar-refractivity contribution in [2.75, 3.05) is 6.54 Å². The van der Waals surface area contributed by atoms with Crippen LogP contribution in [-0.2, 0) is 9.59 Å². The number of rotatable bonds is 3. The van der Waals surface area contributed by atoms with Crippen molar-refractivity contribution in [3.05, 3.63) is 0 Å². The summed E-state index contributed by atoms with van der Waals surface area (Å²) < 4.78 is 0. The molecule has 3 fully saturated rings. The van der Waals surface area contributed by atoms with E-state index >= 15 is 0 Å². The number of carbonyl (C=O) groups is 2. The van der Waals surface area contributed by atoms with Crippen LogP contribution in [0, 0.1) is 11.8 Å². The highest BCUT2D eigenvalue weighted by atomic mass is 16.2. The molecule has 0 spiro atoms. The van der Waals surface area contributed by atoms with Gasteiger partial charge in [-0.1, -0.05) is 26.7 Å². The molecular weight excluding hydrogens is 264 g/mol. The van der Waals surface area contributed by atoms with E-state index in [1.165, 1.54) is 25.7 Å². The number of nitrogens with zero attached hydrogens (tertiary/aromatic N) is 2. The van der Waals surface area contributed by atoms with Gasteiger partial charge in [-0.2, -0.15) is 0 Å². The fourth-order valence-corrected chi connectivity index (χ4v) is 4.61. The maximum atomic E-state index is 13.0. The van der Waals surface area contributed by atoms with Crippen LogP contribution in [0.2, 0.25) is 0 Å². The van der Waals surface area contributed by atoms with E-state index in [1.807, 2.05) is 9.80 Å². The molecule has 0 aromatic heterocycles. The molecule has 0 aromatic carbocycles. The lowest BCUT2D eigenvalue weighted by Gasteiger charge is -2.48. The maximum absolute atomic E-state index is 13.0. The summed E-state index contributed by atoms with van der Waals surface area (Å²) in [6, 6.07) is -0.210. The fourth-order valence-electron chi connectivity index (χ4n) is 4.61. The number of carbonyl (C=O) groups excluding carboxylic acids is 2. The zero-order chi connectivity index (χ0) is 15.1. The SMILES string of the molecule is CC(C)C1C(=O)N2CCCC2C(=O)N1C(C)C1CCCC1. The summed E-state index contributed by atoms with van der Waals surface area (Å²) in [6.07, 6.45) is 6.78. The maximum Gasteiger partial charge on any atom is 0.246 e. The van der Waals surface area contributed by atoms with Crippen LogP contribution in [0.25, 0.3) is 0 Å². The average molecular weight is 292 g/mol. The van der Waals surface area contributed by atoms with Crippen LogP contribution >= 0.6 is 0 Å². The third-order valence-electron chi connectivity index (χ3n) is 5.78. The van der Waals surface area contributed by atoms with Gasteiger partial charge in [-0.15, -0.1) is 0 Å². The molecule has 2 heterocycles. The quantitative estimate of drug-likeness (QED) is 0.801. The molecule has 0 aromatic rings. The van der Waals surface area contributed by atoms with Crippen molar-refractivity contribution in [2.24, 2.45) is 11.8 Å². The number of piperazine rings is 1. The molecule has 3 rings (SSSR count). The van der Waals surface area contributed by atoms with Gasteiger partial charge in [0, 0.05) is 12.6 Å². The average Bonchev–Trinajstić information content (AvgIpc) is 3.11. The Kier molecular flexibility index (Phi) is 3.98. The number of hydrogen-bond acceptors (Lipinski definition) is 2. The molecule has 0 bridgehead atoms. The van der Waals surface area contributed by atoms with Gasteiger partial charge in [-0.25, -0.2) is 0 Å². The van der Waals surface area contributed by atoms with Crippen molar-refractivity contribution in [2.45, 2.75) is 77.4 Å². The zero-order valence-electron chi connectivity index (χ0n) is 13.5. The number of hydrogen-bond donors (Lipinski definition) is 0. The first-order valence-corrected chi connectivity index (χ1v) is 8.65. The molecule has 2 amide bonds. The van der Waals surface area contributed by atoms with Crippen molar-refractivity contribution in [3.8, 4) is 0 Å². The molecular formula is C17H28N2O2. The van der Waals surface area contributed by atoms with Gasteiger partial charge in [0.15, 0.2) is 0 Å². The van der Waals surface area contributed by atoms with Crippen LogP contribution in [0.5, 0.6) is 0 Å². The van der Waals surface area contributed by atoms with Gasteiger partial charge in [-0.3, -0.25) is 9.59 Å². The van der Waals surface area contributed by atoms with Gasteiger partial charge in [0.05, 0.1) is 0 Å². The second-order valence-corrected chi connectivity index (χ2v) is 7.41. The van der Waals surface area contributed by atoms with Crippen LogP contribution in [-0.4, -0.2) is 46.3 Å². The molecule has 21 heavy (non-hydrogen) atoms. The lowest BCUT2D eigenvalue weighted by molar-refractivity contribution is -0.165. The van der Waals surface area contributed by atoms with Crippen molar-refractivity contribution in [1.29, 1.82) is 0 Å². The molecule has 2 saturated heterocycles. The molecule has 0 N–H and O–H groups in total. The Hall–Kier alpha value is -1.06. The van der Waals surface area contributed by atoms with E-state index < -0.39 is 0 Å². The monoisotopic (exact) mass is 292 g/mol. The van der Waals surface area contributed by atoms with E-state index in [2.05, 4.69) is 20.8 Å². The summed E-state index contributed by atoms with van der Waals surface area (Å²) in [7, 11) is 0. The van der Waals surface area contributed by atoms with Gasteiger partial charge in [0.25, 0.3) is 0 Å². The first-order chi connectivity index (χ1) is 10.0. The highest BCUT2D eigenvalue weighted by Crippen LogP contribution is 2.36. The largest absolute Gasteiger partial charge is 0.329 e. The molecule has 3 atom stereocenters. The van der Waals surface area contributed by atoms with Crippen molar-refractivity contribution < 1.29 is 9.59 Å². The smallest absolute Gasteiger partial charge is 0.246 e. The highest BCUT2D eigenvalue weighted by Gasteiger charge is 2.50. The molecule has 0 radical (unpaired) electrons. The van der Waals surface area contributed by atoms with E-state index in [-0.39, 0.29) is 35.9 Å². The summed E-state index contributed by atoms with van der Waals surface area (Å²) in [5.41, 5.74) is 0. The van der Waals surface area contributed by atoms with Crippen molar-refractivity contribution in [1.82, 2.24) is 9.80 Å². The van der Waals surface area contributed by atoms with Crippen LogP contribution in [0.15, 0.2) is 0 Å². The van der Waals surface area contributed by atoms with Gasteiger partial charge >= 0.3 is 0 Å². The third-order valence-corrected chi connectivity index (χ3v) is 5.78. The van der Waals surface area contributed by atoms with E-state index in [1.54, 1.807) is 0 Å². The van der Waals surface area contributed by atoms with Gasteiger partial charge in [0.2, 0.25) is 11.8 Å². The molecule has 118 valence electrons. The van der Waals surface area contributed by atoms with Crippen molar-refractivity contribution >= 4 is 11.8 Å². The van der Waals surface area contributed by atoms with Crippen LogP contribution in [0.1, 0.15) is 59.3 Å². The van der Waals surface area contributed by atoms with Gasteiger partial charge in [0.1, 0.15) is 12.1 Å². The molecule has 3 unspecified atom stereocenters. The van der Waals surface area contributed by atoms with Crippen molar-refractivity contribution in [3.63, 3.8) is 0 Å². The fraction of sp³-hybridized carbons (Fsp3) is 0.882. The molecule has 2 aliphatic heterocycles. The Morgan fingerprint density at radius 3 is 2.24 bits per heavy atom. The normalized spacial score (nSPS) is 32.2. The lowest BCUT2D eigenvalue weighted by atomic mass is 9.89. The zero-order valence-corrected chi connectivity index (χ0v) is 13.5.